The molecule has 20 heavy (non-hydrogen) atoms. The Morgan fingerprint density at radius 3 is 2.60 bits per heavy atom. The van der Waals surface area contributed by atoms with Gasteiger partial charge in [0.2, 0.25) is 0 Å². The minimum atomic E-state index is -0.393. The van der Waals surface area contributed by atoms with Crippen molar-refractivity contribution in [2.24, 2.45) is 0 Å². The molecule has 1 aromatic heterocycles. The molecule has 1 atom stereocenters. The van der Waals surface area contributed by atoms with Crippen LogP contribution in [0.15, 0.2) is 59.8 Å². The fourth-order valence-corrected chi connectivity index (χ4v) is 2.60. The SMILES string of the molecule is O=C(OC(C=S)CSc1ccncc1)c1ccccc1. The van der Waals surface area contributed by atoms with E-state index in [0.29, 0.717) is 11.3 Å². The van der Waals surface area contributed by atoms with Gasteiger partial charge in [0.15, 0.2) is 0 Å². The number of carbonyl (C=O) groups excluding carboxylic acids is 1. The number of pyridine rings is 1. The third-order valence-electron chi connectivity index (χ3n) is 2.48. The largest absolute Gasteiger partial charge is 0.453 e. The van der Waals surface area contributed by atoms with E-state index in [4.69, 9.17) is 17.0 Å². The Kier molecular flexibility index (Phi) is 5.70. The third-order valence-corrected chi connectivity index (χ3v) is 3.89. The molecule has 0 radical (unpaired) electrons. The molecule has 2 aromatic rings. The highest BCUT2D eigenvalue weighted by Crippen LogP contribution is 2.18. The van der Waals surface area contributed by atoms with Crippen LogP contribution >= 0.6 is 24.0 Å². The van der Waals surface area contributed by atoms with E-state index < -0.39 is 6.10 Å². The number of nitrogens with zero attached hydrogens (tertiary/aromatic N) is 1. The summed E-state index contributed by atoms with van der Waals surface area (Å²) >= 11 is 6.50. The second kappa shape index (κ2) is 7.77. The number of benzene rings is 1. The third kappa shape index (κ3) is 4.43. The Morgan fingerprint density at radius 1 is 1.25 bits per heavy atom. The van der Waals surface area contributed by atoms with Crippen LogP contribution < -0.4 is 0 Å². The number of thioether (sulfide) groups is 1. The lowest BCUT2D eigenvalue weighted by Crippen LogP contribution is -2.21. The number of rotatable bonds is 6. The molecule has 0 spiro atoms. The molecule has 1 heterocycles. The van der Waals surface area contributed by atoms with Gasteiger partial charge >= 0.3 is 5.97 Å². The minimum absolute atomic E-state index is 0.355. The van der Waals surface area contributed by atoms with Crippen molar-refractivity contribution in [3.63, 3.8) is 0 Å². The molecule has 0 amide bonds. The van der Waals surface area contributed by atoms with Crippen LogP contribution in [0.2, 0.25) is 0 Å². The highest BCUT2D eigenvalue weighted by atomic mass is 32.2. The Balaban J connectivity index is 1.89. The Morgan fingerprint density at radius 2 is 1.95 bits per heavy atom. The molecule has 0 aliphatic rings. The normalized spacial score (nSPS) is 11.6. The maximum atomic E-state index is 11.9. The van der Waals surface area contributed by atoms with Gasteiger partial charge in [0.1, 0.15) is 6.10 Å². The number of esters is 1. The summed E-state index contributed by atoms with van der Waals surface area (Å²) in [4.78, 5) is 16.9. The van der Waals surface area contributed by atoms with Gasteiger partial charge in [-0.1, -0.05) is 30.4 Å². The smallest absolute Gasteiger partial charge is 0.338 e. The molecule has 0 N–H and O–H groups in total. The van der Waals surface area contributed by atoms with E-state index in [9.17, 15) is 4.79 Å². The first-order valence-electron chi connectivity index (χ1n) is 6.04. The standard InChI is InChI=1S/C15H13NO2S2/c17-15(12-4-2-1-3-5-12)18-13(10-19)11-20-14-6-8-16-9-7-14/h1-10,13H,11H2. The van der Waals surface area contributed by atoms with E-state index in [1.54, 1.807) is 48.4 Å². The number of ether oxygens (including phenoxy) is 1. The molecular weight excluding hydrogens is 290 g/mol. The van der Waals surface area contributed by atoms with Crippen LogP contribution in [-0.4, -0.2) is 28.2 Å². The lowest BCUT2D eigenvalue weighted by molar-refractivity contribution is 0.0467. The summed E-state index contributed by atoms with van der Waals surface area (Å²) in [7, 11) is 0. The molecule has 1 aromatic carbocycles. The van der Waals surface area contributed by atoms with Crippen LogP contribution in [-0.2, 0) is 4.74 Å². The maximum absolute atomic E-state index is 11.9. The van der Waals surface area contributed by atoms with Crippen LogP contribution in [0.5, 0.6) is 0 Å². The zero-order valence-electron chi connectivity index (χ0n) is 10.6. The first-order valence-corrected chi connectivity index (χ1v) is 7.49. The van der Waals surface area contributed by atoms with Crippen molar-refractivity contribution >= 4 is 35.3 Å². The highest BCUT2D eigenvalue weighted by Gasteiger charge is 2.13. The first-order chi connectivity index (χ1) is 9.79. The van der Waals surface area contributed by atoms with Gasteiger partial charge in [0.05, 0.1) is 5.56 Å². The molecular formula is C15H13NO2S2. The molecule has 3 nitrogen and oxygen atoms in total. The second-order valence-corrected chi connectivity index (χ2v) is 5.31. The molecule has 2 rings (SSSR count). The van der Waals surface area contributed by atoms with Crippen molar-refractivity contribution < 1.29 is 9.53 Å². The van der Waals surface area contributed by atoms with Gasteiger partial charge in [0, 0.05) is 28.4 Å². The van der Waals surface area contributed by atoms with E-state index in [1.807, 2.05) is 18.2 Å². The number of aromatic nitrogens is 1. The van der Waals surface area contributed by atoms with Crippen LogP contribution in [0.1, 0.15) is 10.4 Å². The summed E-state index contributed by atoms with van der Waals surface area (Å²) in [6, 6.07) is 12.7. The van der Waals surface area contributed by atoms with E-state index >= 15 is 0 Å². The van der Waals surface area contributed by atoms with Gasteiger partial charge in [-0.25, -0.2) is 4.79 Å². The Hall–Kier alpha value is -1.72. The number of thiocarbonyl (C=S) groups is 1. The predicted molar refractivity (Wildman–Crippen MR) is 84.3 cm³/mol. The zero-order valence-corrected chi connectivity index (χ0v) is 12.3. The number of carbonyl (C=O) groups is 1. The lowest BCUT2D eigenvalue weighted by Gasteiger charge is -2.13. The van der Waals surface area contributed by atoms with Gasteiger partial charge in [-0.2, -0.15) is 0 Å². The molecule has 0 saturated heterocycles. The topological polar surface area (TPSA) is 39.2 Å². The van der Waals surface area contributed by atoms with Crippen molar-refractivity contribution in [2.75, 3.05) is 5.75 Å². The highest BCUT2D eigenvalue weighted by molar-refractivity contribution is 7.99. The number of hydrogen-bond donors (Lipinski definition) is 0. The van der Waals surface area contributed by atoms with Gasteiger partial charge in [0.25, 0.3) is 0 Å². The van der Waals surface area contributed by atoms with E-state index in [1.165, 1.54) is 5.37 Å². The fourth-order valence-electron chi connectivity index (χ4n) is 1.49. The maximum Gasteiger partial charge on any atom is 0.338 e. The van der Waals surface area contributed by atoms with Crippen LogP contribution in [0, 0.1) is 0 Å². The molecule has 0 aliphatic carbocycles. The Bertz CT molecular complexity index is 561. The van der Waals surface area contributed by atoms with Crippen LogP contribution in [0.4, 0.5) is 0 Å². The summed E-state index contributed by atoms with van der Waals surface area (Å²) in [6.45, 7) is 0. The summed E-state index contributed by atoms with van der Waals surface area (Å²) in [5.74, 6) is 0.235. The predicted octanol–water partition coefficient (Wildman–Crippen LogP) is 3.40. The average molecular weight is 303 g/mol. The Labute approximate surface area is 127 Å². The molecule has 0 aliphatic heterocycles. The minimum Gasteiger partial charge on any atom is -0.453 e. The van der Waals surface area contributed by atoms with Gasteiger partial charge in [-0.05, 0) is 24.3 Å². The van der Waals surface area contributed by atoms with Crippen molar-refractivity contribution in [1.82, 2.24) is 4.98 Å². The van der Waals surface area contributed by atoms with E-state index in [2.05, 4.69) is 4.98 Å². The molecule has 5 heteroatoms. The van der Waals surface area contributed by atoms with Crippen LogP contribution in [0.25, 0.3) is 0 Å². The van der Waals surface area contributed by atoms with Crippen molar-refractivity contribution in [2.45, 2.75) is 11.0 Å². The van der Waals surface area contributed by atoms with Gasteiger partial charge < -0.3 is 4.74 Å². The van der Waals surface area contributed by atoms with Gasteiger partial charge in [-0.15, -0.1) is 11.8 Å². The van der Waals surface area contributed by atoms with Crippen molar-refractivity contribution in [3.05, 3.63) is 60.4 Å². The second-order valence-electron chi connectivity index (χ2n) is 3.94. The quantitative estimate of drug-likeness (QED) is 0.464. The summed E-state index contributed by atoms with van der Waals surface area (Å²) in [5.41, 5.74) is 0.531. The van der Waals surface area contributed by atoms with E-state index in [-0.39, 0.29) is 5.97 Å². The van der Waals surface area contributed by atoms with Crippen LogP contribution in [0.3, 0.4) is 0 Å². The average Bonchev–Trinajstić information content (AvgIpc) is 2.53. The van der Waals surface area contributed by atoms with Gasteiger partial charge in [-0.3, -0.25) is 4.98 Å². The molecule has 1 unspecified atom stereocenters. The summed E-state index contributed by atoms with van der Waals surface area (Å²) in [5, 5.41) is 1.48. The number of hydrogen-bond acceptors (Lipinski definition) is 5. The first kappa shape index (κ1) is 14.7. The zero-order chi connectivity index (χ0) is 14.2. The lowest BCUT2D eigenvalue weighted by atomic mass is 10.2. The van der Waals surface area contributed by atoms with E-state index in [0.717, 1.165) is 4.90 Å². The molecule has 0 bridgehead atoms. The monoisotopic (exact) mass is 303 g/mol. The fraction of sp³-hybridized carbons (Fsp3) is 0.133. The molecule has 102 valence electrons. The molecule has 0 saturated carbocycles. The summed E-state index contributed by atoms with van der Waals surface area (Å²) in [6.07, 6.45) is 3.06. The molecule has 0 fully saturated rings. The van der Waals surface area contributed by atoms with Crippen molar-refractivity contribution in [3.8, 4) is 0 Å². The van der Waals surface area contributed by atoms with Crippen molar-refractivity contribution in [1.29, 1.82) is 0 Å². The summed E-state index contributed by atoms with van der Waals surface area (Å²) < 4.78 is 5.37.